The smallest absolute Gasteiger partial charge is 0.314 e. The molecule has 1 aliphatic carbocycles. The summed E-state index contributed by atoms with van der Waals surface area (Å²) in [7, 11) is 0. The molecule has 1 aliphatic rings. The molecule has 0 aliphatic heterocycles. The van der Waals surface area contributed by atoms with E-state index >= 15 is 0 Å². The molecule has 9 heavy (non-hydrogen) atoms. The number of carbonyl (C=O) groups is 1. The largest absolute Gasteiger partial charge is 0.481 e. The molecule has 50 valence electrons. The van der Waals surface area contributed by atoms with Crippen LogP contribution in [0.5, 0.6) is 0 Å². The molecule has 0 amide bonds. The molecule has 0 aromatic carbocycles. The number of carboxylic acids is 1. The van der Waals surface area contributed by atoms with Crippen LogP contribution in [0.1, 0.15) is 19.8 Å². The van der Waals surface area contributed by atoms with Gasteiger partial charge in [0.15, 0.2) is 0 Å². The second-order valence-corrected chi connectivity index (χ2v) is 2.31. The quantitative estimate of drug-likeness (QED) is 0.581. The first-order chi connectivity index (χ1) is 4.25. The van der Waals surface area contributed by atoms with Crippen LogP contribution in [0, 0.1) is 5.92 Å². The van der Waals surface area contributed by atoms with Crippen molar-refractivity contribution in [3.05, 3.63) is 11.6 Å². The highest BCUT2D eigenvalue weighted by Crippen LogP contribution is 2.32. The molecule has 1 rings (SSSR count). The highest BCUT2D eigenvalue weighted by molar-refractivity contribution is 5.81. The molecular weight excluding hydrogens is 116 g/mol. The maximum atomic E-state index is 10.2. The third kappa shape index (κ3) is 1.31. The first-order valence-electron chi connectivity index (χ1n) is 3.19. The maximum absolute atomic E-state index is 10.2. The van der Waals surface area contributed by atoms with E-state index in [2.05, 4.69) is 6.92 Å². The minimum atomic E-state index is -0.696. The van der Waals surface area contributed by atoms with E-state index in [1.165, 1.54) is 0 Å². The standard InChI is InChI=1S/C7H10O2/c1-2-3-5-4-6(5)7(8)9/h4,6H,2-3H2,1H3,(H,8,9). The van der Waals surface area contributed by atoms with Crippen LogP contribution in [0.25, 0.3) is 0 Å². The Kier molecular flexibility index (Phi) is 1.56. The van der Waals surface area contributed by atoms with Crippen LogP contribution in [-0.2, 0) is 4.79 Å². The number of hydrogen-bond acceptors (Lipinski definition) is 1. The van der Waals surface area contributed by atoms with E-state index in [-0.39, 0.29) is 5.92 Å². The lowest BCUT2D eigenvalue weighted by molar-refractivity contribution is -0.137. The molecule has 0 heterocycles. The van der Waals surface area contributed by atoms with Gasteiger partial charge in [0.1, 0.15) is 0 Å². The Morgan fingerprint density at radius 3 is 2.89 bits per heavy atom. The normalized spacial score (nSPS) is 23.2. The fourth-order valence-corrected chi connectivity index (χ4v) is 0.923. The minimum absolute atomic E-state index is 0.204. The lowest BCUT2D eigenvalue weighted by Crippen LogP contribution is -1.99. The summed E-state index contributed by atoms with van der Waals surface area (Å²) in [6, 6.07) is 0. The Bertz CT molecular complexity index is 158. The maximum Gasteiger partial charge on any atom is 0.314 e. The monoisotopic (exact) mass is 126 g/mol. The van der Waals surface area contributed by atoms with Crippen molar-refractivity contribution in [3.63, 3.8) is 0 Å². The van der Waals surface area contributed by atoms with Gasteiger partial charge in [0.2, 0.25) is 0 Å². The molecule has 0 spiro atoms. The zero-order valence-corrected chi connectivity index (χ0v) is 5.42. The van der Waals surface area contributed by atoms with Crippen molar-refractivity contribution in [1.29, 1.82) is 0 Å². The van der Waals surface area contributed by atoms with E-state index in [1.807, 2.05) is 6.08 Å². The third-order valence-corrected chi connectivity index (χ3v) is 1.48. The number of aliphatic carboxylic acids is 1. The second kappa shape index (κ2) is 2.21. The van der Waals surface area contributed by atoms with E-state index in [1.54, 1.807) is 0 Å². The Morgan fingerprint density at radius 2 is 2.56 bits per heavy atom. The molecule has 2 heteroatoms. The Morgan fingerprint density at radius 1 is 1.89 bits per heavy atom. The lowest BCUT2D eigenvalue weighted by Gasteiger charge is -1.89. The fourth-order valence-electron chi connectivity index (χ4n) is 0.923. The molecule has 1 unspecified atom stereocenters. The van der Waals surface area contributed by atoms with Gasteiger partial charge < -0.3 is 5.11 Å². The molecule has 0 fully saturated rings. The van der Waals surface area contributed by atoms with Crippen LogP contribution in [0.4, 0.5) is 0 Å². The van der Waals surface area contributed by atoms with Gasteiger partial charge >= 0.3 is 5.97 Å². The summed E-state index contributed by atoms with van der Waals surface area (Å²) in [5.41, 5.74) is 1.10. The average Bonchev–Trinajstić information content (AvgIpc) is 2.47. The van der Waals surface area contributed by atoms with Crippen molar-refractivity contribution < 1.29 is 9.90 Å². The fraction of sp³-hybridized carbons (Fsp3) is 0.571. The van der Waals surface area contributed by atoms with E-state index in [4.69, 9.17) is 5.11 Å². The van der Waals surface area contributed by atoms with Gasteiger partial charge in [-0.05, 0) is 6.42 Å². The number of rotatable bonds is 3. The van der Waals surface area contributed by atoms with Crippen LogP contribution in [0.3, 0.4) is 0 Å². The Labute approximate surface area is 54.2 Å². The first kappa shape index (κ1) is 6.33. The lowest BCUT2D eigenvalue weighted by atomic mass is 10.2. The van der Waals surface area contributed by atoms with Crippen LogP contribution in [0.2, 0.25) is 0 Å². The number of carboxylic acid groups (broad SMARTS) is 1. The number of hydrogen-bond donors (Lipinski definition) is 1. The van der Waals surface area contributed by atoms with Gasteiger partial charge in [-0.15, -0.1) is 0 Å². The van der Waals surface area contributed by atoms with Gasteiger partial charge in [0.25, 0.3) is 0 Å². The van der Waals surface area contributed by atoms with E-state index < -0.39 is 5.97 Å². The predicted molar refractivity (Wildman–Crippen MR) is 34.1 cm³/mol. The molecule has 2 nitrogen and oxygen atoms in total. The van der Waals surface area contributed by atoms with Crippen molar-refractivity contribution in [2.75, 3.05) is 0 Å². The molecule has 1 N–H and O–H groups in total. The molecule has 0 saturated carbocycles. The van der Waals surface area contributed by atoms with E-state index in [0.717, 1.165) is 18.4 Å². The van der Waals surface area contributed by atoms with Gasteiger partial charge in [0, 0.05) is 0 Å². The molecule has 1 atom stereocenters. The van der Waals surface area contributed by atoms with Gasteiger partial charge in [0.05, 0.1) is 5.92 Å². The third-order valence-electron chi connectivity index (χ3n) is 1.48. The van der Waals surface area contributed by atoms with Gasteiger partial charge in [-0.1, -0.05) is 25.0 Å². The van der Waals surface area contributed by atoms with Gasteiger partial charge in [-0.25, -0.2) is 0 Å². The summed E-state index contributed by atoms with van der Waals surface area (Å²) in [6.07, 6.45) is 3.82. The van der Waals surface area contributed by atoms with E-state index in [0.29, 0.717) is 0 Å². The zero-order chi connectivity index (χ0) is 6.85. The Hall–Kier alpha value is -0.790. The average molecular weight is 126 g/mol. The molecule has 0 radical (unpaired) electrons. The molecule has 0 aromatic heterocycles. The van der Waals surface area contributed by atoms with Crippen molar-refractivity contribution >= 4 is 5.97 Å². The summed E-state index contributed by atoms with van der Waals surface area (Å²) in [5, 5.41) is 8.40. The topological polar surface area (TPSA) is 37.3 Å². The SMILES string of the molecule is CCCC1=CC1C(=O)O. The van der Waals surface area contributed by atoms with Crippen molar-refractivity contribution in [1.82, 2.24) is 0 Å². The summed E-state index contributed by atoms with van der Waals surface area (Å²) >= 11 is 0. The van der Waals surface area contributed by atoms with Crippen LogP contribution in [0.15, 0.2) is 11.6 Å². The molecule has 0 aromatic rings. The molecular formula is C7H10O2. The highest BCUT2D eigenvalue weighted by atomic mass is 16.4. The zero-order valence-electron chi connectivity index (χ0n) is 5.42. The summed E-state index contributed by atoms with van der Waals surface area (Å²) in [6.45, 7) is 2.05. The second-order valence-electron chi connectivity index (χ2n) is 2.31. The van der Waals surface area contributed by atoms with Crippen LogP contribution >= 0.6 is 0 Å². The minimum Gasteiger partial charge on any atom is -0.481 e. The van der Waals surface area contributed by atoms with Crippen LogP contribution in [-0.4, -0.2) is 11.1 Å². The van der Waals surface area contributed by atoms with E-state index in [9.17, 15) is 4.79 Å². The van der Waals surface area contributed by atoms with Crippen molar-refractivity contribution in [2.24, 2.45) is 5.92 Å². The first-order valence-corrected chi connectivity index (χ1v) is 3.19. The van der Waals surface area contributed by atoms with Crippen molar-refractivity contribution in [3.8, 4) is 0 Å². The summed E-state index contributed by atoms with van der Waals surface area (Å²) in [4.78, 5) is 10.2. The molecule has 0 saturated heterocycles. The summed E-state index contributed by atoms with van der Waals surface area (Å²) < 4.78 is 0. The molecule has 0 bridgehead atoms. The van der Waals surface area contributed by atoms with Crippen molar-refractivity contribution in [2.45, 2.75) is 19.8 Å². The van der Waals surface area contributed by atoms with Gasteiger partial charge in [-0.2, -0.15) is 0 Å². The van der Waals surface area contributed by atoms with Gasteiger partial charge in [-0.3, -0.25) is 4.79 Å². The summed E-state index contributed by atoms with van der Waals surface area (Å²) in [5.74, 6) is -0.900. The van der Waals surface area contributed by atoms with Crippen LogP contribution < -0.4 is 0 Å². The highest BCUT2D eigenvalue weighted by Gasteiger charge is 2.30. The predicted octanol–water partition coefficient (Wildman–Crippen LogP) is 1.43. The Balaban J connectivity index is 2.22.